The van der Waals surface area contributed by atoms with Gasteiger partial charge in [0.25, 0.3) is 5.91 Å². The average molecular weight is 354 g/mol. The maximum atomic E-state index is 12.3. The van der Waals surface area contributed by atoms with Crippen LogP contribution >= 0.6 is 0 Å². The first-order valence-corrected chi connectivity index (χ1v) is 9.99. The van der Waals surface area contributed by atoms with Gasteiger partial charge in [-0.2, -0.15) is 4.31 Å². The molecule has 0 atom stereocenters. The minimum atomic E-state index is -3.19. The summed E-state index contributed by atoms with van der Waals surface area (Å²) >= 11 is 0. The molecule has 0 N–H and O–H groups in total. The third-order valence-corrected chi connectivity index (χ3v) is 5.51. The molecular formula is C17H26N2O4S. The van der Waals surface area contributed by atoms with Crippen molar-refractivity contribution in [1.29, 1.82) is 0 Å². The van der Waals surface area contributed by atoms with Crippen molar-refractivity contribution in [2.45, 2.75) is 26.7 Å². The highest BCUT2D eigenvalue weighted by Crippen LogP contribution is 2.27. The van der Waals surface area contributed by atoms with Crippen LogP contribution in [0, 0.1) is 6.92 Å². The summed E-state index contributed by atoms with van der Waals surface area (Å²) in [4.78, 5) is 14.0. The normalized spacial score (nSPS) is 16.5. The lowest BCUT2D eigenvalue weighted by molar-refractivity contribution is -0.134. The van der Waals surface area contributed by atoms with E-state index in [1.807, 2.05) is 25.1 Å². The van der Waals surface area contributed by atoms with Gasteiger partial charge in [-0.05, 0) is 30.0 Å². The second-order valence-electron chi connectivity index (χ2n) is 6.53. The maximum Gasteiger partial charge on any atom is 0.260 e. The molecule has 0 unspecified atom stereocenters. The van der Waals surface area contributed by atoms with Crippen LogP contribution in [0.25, 0.3) is 0 Å². The molecule has 0 bridgehead atoms. The lowest BCUT2D eigenvalue weighted by Crippen LogP contribution is -2.51. The van der Waals surface area contributed by atoms with Gasteiger partial charge in [-0.1, -0.05) is 26.0 Å². The first-order valence-electron chi connectivity index (χ1n) is 8.14. The van der Waals surface area contributed by atoms with Gasteiger partial charge in [0, 0.05) is 26.2 Å². The van der Waals surface area contributed by atoms with E-state index < -0.39 is 10.0 Å². The second-order valence-corrected chi connectivity index (χ2v) is 8.51. The zero-order chi connectivity index (χ0) is 17.9. The van der Waals surface area contributed by atoms with Crippen molar-refractivity contribution in [3.8, 4) is 5.75 Å². The molecule has 7 heteroatoms. The SMILES string of the molecule is Cc1ccc(C(C)C)c(OCC(=O)N2CCN(S(C)(=O)=O)CC2)c1. The highest BCUT2D eigenvalue weighted by atomic mass is 32.2. The van der Waals surface area contributed by atoms with Crippen LogP contribution in [0.15, 0.2) is 18.2 Å². The fraction of sp³-hybridized carbons (Fsp3) is 0.588. The van der Waals surface area contributed by atoms with Crippen molar-refractivity contribution in [1.82, 2.24) is 9.21 Å². The largest absolute Gasteiger partial charge is 0.483 e. The highest BCUT2D eigenvalue weighted by molar-refractivity contribution is 7.88. The number of carbonyl (C=O) groups excluding carboxylic acids is 1. The number of aryl methyl sites for hydroxylation is 1. The summed E-state index contributed by atoms with van der Waals surface area (Å²) in [6.45, 7) is 7.62. The van der Waals surface area contributed by atoms with E-state index in [4.69, 9.17) is 4.74 Å². The molecule has 1 heterocycles. The minimum Gasteiger partial charge on any atom is -0.483 e. The molecule has 1 saturated heterocycles. The lowest BCUT2D eigenvalue weighted by atomic mass is 10.0. The van der Waals surface area contributed by atoms with E-state index in [0.717, 1.165) is 16.9 Å². The lowest BCUT2D eigenvalue weighted by Gasteiger charge is -2.33. The van der Waals surface area contributed by atoms with Gasteiger partial charge in [-0.25, -0.2) is 8.42 Å². The summed E-state index contributed by atoms with van der Waals surface area (Å²) in [6.07, 6.45) is 1.19. The Morgan fingerprint density at radius 3 is 2.38 bits per heavy atom. The predicted molar refractivity (Wildman–Crippen MR) is 93.8 cm³/mol. The molecule has 1 amide bonds. The summed E-state index contributed by atoms with van der Waals surface area (Å²) in [7, 11) is -3.19. The maximum absolute atomic E-state index is 12.3. The Morgan fingerprint density at radius 1 is 1.21 bits per heavy atom. The van der Waals surface area contributed by atoms with Crippen LogP contribution in [0.2, 0.25) is 0 Å². The second kappa shape index (κ2) is 7.53. The number of carbonyl (C=O) groups is 1. The van der Waals surface area contributed by atoms with Crippen molar-refractivity contribution < 1.29 is 17.9 Å². The number of nitrogens with zero attached hydrogens (tertiary/aromatic N) is 2. The van der Waals surface area contributed by atoms with Crippen molar-refractivity contribution >= 4 is 15.9 Å². The molecule has 2 rings (SSSR count). The molecule has 1 aliphatic heterocycles. The van der Waals surface area contributed by atoms with Gasteiger partial charge in [0.15, 0.2) is 6.61 Å². The fourth-order valence-corrected chi connectivity index (χ4v) is 3.57. The van der Waals surface area contributed by atoms with Gasteiger partial charge in [-0.15, -0.1) is 0 Å². The first-order chi connectivity index (χ1) is 11.2. The molecule has 1 aromatic rings. The molecule has 0 spiro atoms. The monoisotopic (exact) mass is 354 g/mol. The first kappa shape index (κ1) is 18.7. The molecular weight excluding hydrogens is 328 g/mol. The number of hydrogen-bond acceptors (Lipinski definition) is 4. The number of amides is 1. The summed E-state index contributed by atoms with van der Waals surface area (Å²) in [6, 6.07) is 6.02. The Morgan fingerprint density at radius 2 is 1.83 bits per heavy atom. The van der Waals surface area contributed by atoms with Crippen LogP contribution < -0.4 is 4.74 Å². The van der Waals surface area contributed by atoms with Crippen molar-refractivity contribution in [2.24, 2.45) is 0 Å². The number of hydrogen-bond donors (Lipinski definition) is 0. The zero-order valence-corrected chi connectivity index (χ0v) is 15.6. The molecule has 0 saturated carbocycles. The zero-order valence-electron chi connectivity index (χ0n) is 14.8. The molecule has 6 nitrogen and oxygen atoms in total. The van der Waals surface area contributed by atoms with Gasteiger partial charge < -0.3 is 9.64 Å². The smallest absolute Gasteiger partial charge is 0.260 e. The molecule has 134 valence electrons. The van der Waals surface area contributed by atoms with Crippen LogP contribution in [0.1, 0.15) is 30.9 Å². The van der Waals surface area contributed by atoms with Crippen molar-refractivity contribution in [3.05, 3.63) is 29.3 Å². The van der Waals surface area contributed by atoms with Crippen LogP contribution in [0.5, 0.6) is 5.75 Å². The van der Waals surface area contributed by atoms with Crippen LogP contribution in [-0.4, -0.2) is 62.6 Å². The summed E-state index contributed by atoms with van der Waals surface area (Å²) in [5.41, 5.74) is 2.17. The molecule has 24 heavy (non-hydrogen) atoms. The van der Waals surface area contributed by atoms with Gasteiger partial charge >= 0.3 is 0 Å². The Bertz CT molecular complexity index is 693. The Labute approximate surface area is 144 Å². The molecule has 1 aromatic carbocycles. The van der Waals surface area contributed by atoms with E-state index in [2.05, 4.69) is 13.8 Å². The minimum absolute atomic E-state index is 0.0257. The number of ether oxygens (including phenoxy) is 1. The Balaban J connectivity index is 1.94. The summed E-state index contributed by atoms with van der Waals surface area (Å²) in [5, 5.41) is 0. The third kappa shape index (κ3) is 4.70. The molecule has 1 aliphatic rings. The van der Waals surface area contributed by atoms with Gasteiger partial charge in [0.05, 0.1) is 6.26 Å². The van der Waals surface area contributed by atoms with Gasteiger partial charge in [0.2, 0.25) is 10.0 Å². The summed E-state index contributed by atoms with van der Waals surface area (Å²) < 4.78 is 30.2. The van der Waals surface area contributed by atoms with E-state index in [9.17, 15) is 13.2 Å². The summed E-state index contributed by atoms with van der Waals surface area (Å²) in [5.74, 6) is 0.946. The van der Waals surface area contributed by atoms with E-state index in [1.165, 1.54) is 10.6 Å². The van der Waals surface area contributed by atoms with Crippen LogP contribution in [-0.2, 0) is 14.8 Å². The third-order valence-electron chi connectivity index (χ3n) is 4.20. The molecule has 0 aromatic heterocycles. The number of benzene rings is 1. The van der Waals surface area contributed by atoms with E-state index in [1.54, 1.807) is 4.90 Å². The van der Waals surface area contributed by atoms with Crippen LogP contribution in [0.4, 0.5) is 0 Å². The van der Waals surface area contributed by atoms with Crippen molar-refractivity contribution in [2.75, 3.05) is 39.0 Å². The molecule has 0 radical (unpaired) electrons. The Hall–Kier alpha value is -1.60. The van der Waals surface area contributed by atoms with Crippen molar-refractivity contribution in [3.63, 3.8) is 0 Å². The number of rotatable bonds is 5. The van der Waals surface area contributed by atoms with E-state index >= 15 is 0 Å². The average Bonchev–Trinajstić information content (AvgIpc) is 2.51. The van der Waals surface area contributed by atoms with Gasteiger partial charge in [0.1, 0.15) is 5.75 Å². The highest BCUT2D eigenvalue weighted by Gasteiger charge is 2.26. The molecule has 0 aliphatic carbocycles. The predicted octanol–water partition coefficient (Wildman–Crippen LogP) is 1.60. The van der Waals surface area contributed by atoms with E-state index in [0.29, 0.717) is 32.1 Å². The number of piperazine rings is 1. The topological polar surface area (TPSA) is 66.9 Å². The van der Waals surface area contributed by atoms with Crippen LogP contribution in [0.3, 0.4) is 0 Å². The quantitative estimate of drug-likeness (QED) is 0.806. The number of sulfonamides is 1. The Kier molecular flexibility index (Phi) is 5.87. The standard InChI is InChI=1S/C17H26N2O4S/c1-13(2)15-6-5-14(3)11-16(15)23-12-17(20)18-7-9-19(10-8-18)24(4,21)22/h5-6,11,13H,7-10,12H2,1-4H3. The van der Waals surface area contributed by atoms with E-state index in [-0.39, 0.29) is 12.5 Å². The van der Waals surface area contributed by atoms with Gasteiger partial charge in [-0.3, -0.25) is 4.79 Å². The fourth-order valence-electron chi connectivity index (χ4n) is 2.74. The molecule has 1 fully saturated rings.